The second-order valence-corrected chi connectivity index (χ2v) is 7.37. The number of amides is 1. The quantitative estimate of drug-likeness (QED) is 0.843. The Hall–Kier alpha value is -1.70. The number of fused-ring (bicyclic) bond motifs is 2. The largest absolute Gasteiger partial charge is 0.472 e. The molecule has 1 saturated carbocycles. The Balaban J connectivity index is 1.55. The van der Waals surface area contributed by atoms with E-state index in [2.05, 4.69) is 9.88 Å². The maximum Gasteiger partial charge on any atom is 0.248 e. The van der Waals surface area contributed by atoms with Gasteiger partial charge in [0.25, 0.3) is 0 Å². The molecule has 0 unspecified atom stereocenters. The van der Waals surface area contributed by atoms with Gasteiger partial charge < -0.3 is 19.5 Å². The van der Waals surface area contributed by atoms with Crippen molar-refractivity contribution in [1.29, 1.82) is 0 Å². The summed E-state index contributed by atoms with van der Waals surface area (Å²) in [6.07, 6.45) is 4.57. The summed E-state index contributed by atoms with van der Waals surface area (Å²) in [6, 6.07) is 6.29. The zero-order valence-corrected chi connectivity index (χ0v) is 15.0. The summed E-state index contributed by atoms with van der Waals surface area (Å²) in [5, 5.41) is 9.35. The summed E-state index contributed by atoms with van der Waals surface area (Å²) >= 11 is 0. The van der Waals surface area contributed by atoms with Gasteiger partial charge in [-0.3, -0.25) is 9.69 Å². The maximum atomic E-state index is 12.2. The summed E-state index contributed by atoms with van der Waals surface area (Å²) < 4.78 is 11.8. The number of hydrogen-bond donors (Lipinski definition) is 1. The molecule has 0 spiro atoms. The molecule has 1 amide bonds. The summed E-state index contributed by atoms with van der Waals surface area (Å²) in [4.78, 5) is 20.9. The van der Waals surface area contributed by atoms with Crippen LogP contribution in [0.1, 0.15) is 19.3 Å². The minimum Gasteiger partial charge on any atom is -0.472 e. The highest BCUT2D eigenvalue weighted by molar-refractivity contribution is 5.77. The molecule has 1 N–H and O–H groups in total. The van der Waals surface area contributed by atoms with Gasteiger partial charge in [0.1, 0.15) is 12.7 Å². The van der Waals surface area contributed by atoms with Crippen molar-refractivity contribution < 1.29 is 19.4 Å². The summed E-state index contributed by atoms with van der Waals surface area (Å²) in [5.41, 5.74) is 0. The van der Waals surface area contributed by atoms with Crippen LogP contribution in [0.15, 0.2) is 24.4 Å². The first-order chi connectivity index (χ1) is 12.8. The standard InChI is InChI=1S/C19H27N3O4/c23-13-19(24)22-12-17(26-18-3-1-2-6-20-18)15-11-14(22)4-5-16(15)21-7-9-25-10-8-21/h1-3,6,14-17,23H,4-5,7-13H2/t14-,15-,16+,17-/m0/s1. The Labute approximate surface area is 153 Å². The van der Waals surface area contributed by atoms with Gasteiger partial charge in [-0.1, -0.05) is 6.07 Å². The molecule has 1 aromatic heterocycles. The summed E-state index contributed by atoms with van der Waals surface area (Å²) in [5.74, 6) is 0.753. The van der Waals surface area contributed by atoms with Gasteiger partial charge in [0.15, 0.2) is 0 Å². The molecule has 1 aliphatic carbocycles. The van der Waals surface area contributed by atoms with Gasteiger partial charge in [0, 0.05) is 43.4 Å². The smallest absolute Gasteiger partial charge is 0.248 e. The third-order valence-corrected chi connectivity index (χ3v) is 6.01. The molecule has 0 aromatic carbocycles. The van der Waals surface area contributed by atoms with E-state index < -0.39 is 6.61 Å². The SMILES string of the molecule is O=C(CO)N1C[C@H](Oc2ccccn2)[C@H]2C[C@@H]1CC[C@H]2N1CCOCC1. The molecule has 3 heterocycles. The molecule has 2 saturated heterocycles. The number of morpholine rings is 1. The number of pyridine rings is 1. The molecule has 142 valence electrons. The fourth-order valence-corrected chi connectivity index (χ4v) is 4.78. The number of ether oxygens (including phenoxy) is 2. The Bertz CT molecular complexity index is 608. The molecule has 0 radical (unpaired) electrons. The highest BCUT2D eigenvalue weighted by Crippen LogP contribution is 2.39. The molecule has 26 heavy (non-hydrogen) atoms. The molecule has 7 heteroatoms. The van der Waals surface area contributed by atoms with Gasteiger partial charge in [-0.25, -0.2) is 4.98 Å². The molecule has 2 bridgehead atoms. The van der Waals surface area contributed by atoms with E-state index in [-0.39, 0.29) is 18.1 Å². The number of hydrogen-bond acceptors (Lipinski definition) is 6. The van der Waals surface area contributed by atoms with Crippen molar-refractivity contribution in [1.82, 2.24) is 14.8 Å². The van der Waals surface area contributed by atoms with Crippen LogP contribution >= 0.6 is 0 Å². The number of aliphatic hydroxyl groups excluding tert-OH is 1. The molecule has 1 aromatic rings. The first-order valence-electron chi connectivity index (χ1n) is 9.56. The van der Waals surface area contributed by atoms with E-state index in [1.807, 2.05) is 23.1 Å². The molecule has 2 aliphatic heterocycles. The summed E-state index contributed by atoms with van der Waals surface area (Å²) in [6.45, 7) is 3.57. The number of likely N-dealkylation sites (tertiary alicyclic amines) is 1. The average Bonchev–Trinajstić information content (AvgIpc) is 2.71. The highest BCUT2D eigenvalue weighted by atomic mass is 16.5. The van der Waals surface area contributed by atoms with Crippen molar-refractivity contribution in [3.63, 3.8) is 0 Å². The van der Waals surface area contributed by atoms with Gasteiger partial charge in [-0.15, -0.1) is 0 Å². The van der Waals surface area contributed by atoms with E-state index in [1.54, 1.807) is 6.20 Å². The first-order valence-corrected chi connectivity index (χ1v) is 9.56. The van der Waals surface area contributed by atoms with Crippen molar-refractivity contribution in [3.05, 3.63) is 24.4 Å². The van der Waals surface area contributed by atoms with E-state index in [9.17, 15) is 9.90 Å². The van der Waals surface area contributed by atoms with Crippen molar-refractivity contribution in [3.8, 4) is 5.88 Å². The second kappa shape index (κ2) is 7.90. The minimum absolute atomic E-state index is 0.107. The van der Waals surface area contributed by atoms with Crippen LogP contribution in [0.2, 0.25) is 0 Å². The first kappa shape index (κ1) is 17.7. The van der Waals surface area contributed by atoms with Crippen molar-refractivity contribution >= 4 is 5.91 Å². The Morgan fingerprint density at radius 2 is 2.15 bits per heavy atom. The lowest BCUT2D eigenvalue weighted by Crippen LogP contribution is -2.63. The Morgan fingerprint density at radius 3 is 2.88 bits per heavy atom. The van der Waals surface area contributed by atoms with Gasteiger partial charge in [0.05, 0.1) is 19.8 Å². The molecular weight excluding hydrogens is 334 g/mol. The Morgan fingerprint density at radius 1 is 1.31 bits per heavy atom. The molecule has 7 nitrogen and oxygen atoms in total. The molecular formula is C19H27N3O4. The highest BCUT2D eigenvalue weighted by Gasteiger charge is 2.47. The fraction of sp³-hybridized carbons (Fsp3) is 0.684. The van der Waals surface area contributed by atoms with Crippen molar-refractivity contribution in [2.24, 2.45) is 5.92 Å². The lowest BCUT2D eigenvalue weighted by Gasteiger charge is -2.52. The lowest BCUT2D eigenvalue weighted by molar-refractivity contribution is -0.147. The number of nitrogens with zero attached hydrogens (tertiary/aromatic N) is 3. The maximum absolute atomic E-state index is 12.2. The number of carbonyl (C=O) groups is 1. The number of carbonyl (C=O) groups excluding carboxylic acids is 1. The number of piperidine rings is 1. The number of aromatic nitrogens is 1. The van der Waals surface area contributed by atoms with Crippen LogP contribution in [-0.2, 0) is 9.53 Å². The van der Waals surface area contributed by atoms with E-state index in [4.69, 9.17) is 9.47 Å². The van der Waals surface area contributed by atoms with Crippen LogP contribution < -0.4 is 4.74 Å². The van der Waals surface area contributed by atoms with Crippen LogP contribution in [-0.4, -0.2) is 83.4 Å². The van der Waals surface area contributed by atoms with Crippen LogP contribution in [0.3, 0.4) is 0 Å². The second-order valence-electron chi connectivity index (χ2n) is 7.37. The van der Waals surface area contributed by atoms with E-state index in [0.29, 0.717) is 24.4 Å². The van der Waals surface area contributed by atoms with E-state index in [1.165, 1.54) is 0 Å². The zero-order chi connectivity index (χ0) is 17.9. The number of aliphatic hydroxyl groups is 1. The monoisotopic (exact) mass is 361 g/mol. The Kier molecular flexibility index (Phi) is 5.38. The van der Waals surface area contributed by atoms with Crippen molar-refractivity contribution in [2.75, 3.05) is 39.5 Å². The van der Waals surface area contributed by atoms with Gasteiger partial charge >= 0.3 is 0 Å². The fourth-order valence-electron chi connectivity index (χ4n) is 4.78. The third-order valence-electron chi connectivity index (χ3n) is 6.01. The van der Waals surface area contributed by atoms with Gasteiger partial charge in [0.2, 0.25) is 11.8 Å². The lowest BCUT2D eigenvalue weighted by atomic mass is 9.73. The van der Waals surface area contributed by atoms with Crippen LogP contribution in [0.25, 0.3) is 0 Å². The van der Waals surface area contributed by atoms with Crippen LogP contribution in [0.5, 0.6) is 5.88 Å². The van der Waals surface area contributed by atoms with Crippen LogP contribution in [0, 0.1) is 5.92 Å². The van der Waals surface area contributed by atoms with Gasteiger partial charge in [-0.2, -0.15) is 0 Å². The normalized spacial score (nSPS) is 32.3. The minimum atomic E-state index is -0.440. The van der Waals surface area contributed by atoms with E-state index in [0.717, 1.165) is 45.6 Å². The molecule has 3 aliphatic rings. The topological polar surface area (TPSA) is 75.1 Å². The molecule has 3 fully saturated rings. The predicted octanol–water partition coefficient (Wildman–Crippen LogP) is 0.533. The number of rotatable bonds is 4. The predicted molar refractivity (Wildman–Crippen MR) is 94.8 cm³/mol. The zero-order valence-electron chi connectivity index (χ0n) is 15.0. The van der Waals surface area contributed by atoms with Crippen LogP contribution in [0.4, 0.5) is 0 Å². The van der Waals surface area contributed by atoms with Gasteiger partial charge in [-0.05, 0) is 25.3 Å². The van der Waals surface area contributed by atoms with Crippen molar-refractivity contribution in [2.45, 2.75) is 37.5 Å². The third kappa shape index (κ3) is 3.56. The molecule has 4 rings (SSSR count). The average molecular weight is 361 g/mol. The summed E-state index contributed by atoms with van der Waals surface area (Å²) in [7, 11) is 0. The molecule has 4 atom stereocenters. The van der Waals surface area contributed by atoms with E-state index >= 15 is 0 Å².